The molecule has 0 radical (unpaired) electrons. The Morgan fingerprint density at radius 1 is 1.50 bits per heavy atom. The minimum atomic E-state index is 0.330. The van der Waals surface area contributed by atoms with E-state index in [1.807, 2.05) is 0 Å². The van der Waals surface area contributed by atoms with Gasteiger partial charge in [0.15, 0.2) is 0 Å². The first-order valence-corrected chi connectivity index (χ1v) is 3.03. The number of rotatable bonds is 0. The van der Waals surface area contributed by atoms with E-state index in [1.54, 1.807) is 0 Å². The maximum Gasteiger partial charge on any atom is 0.135 e. The summed E-state index contributed by atoms with van der Waals surface area (Å²) in [5.41, 5.74) is 0. The van der Waals surface area contributed by atoms with Crippen molar-refractivity contribution in [2.75, 3.05) is 0 Å². The Labute approximate surface area is 47.8 Å². The van der Waals surface area contributed by atoms with Crippen molar-refractivity contribution >= 4 is 5.78 Å². The van der Waals surface area contributed by atoms with Gasteiger partial charge in [-0.25, -0.2) is 0 Å². The fourth-order valence-electron chi connectivity index (χ4n) is 1.24. The molecule has 2 heteroatoms. The molecule has 0 N–H and O–H groups in total. The third kappa shape index (κ3) is 0.564. The predicted molar refractivity (Wildman–Crippen MR) is 27.5 cm³/mol. The number of carbonyl (C=O) groups is 1. The third-order valence-corrected chi connectivity index (χ3v) is 1.82. The van der Waals surface area contributed by atoms with Crippen LogP contribution in [0.5, 0.6) is 0 Å². The molecule has 0 amide bonds. The van der Waals surface area contributed by atoms with Crippen LogP contribution in [0.4, 0.5) is 0 Å². The van der Waals surface area contributed by atoms with Crippen molar-refractivity contribution in [1.29, 1.82) is 0 Å². The Balaban J connectivity index is 2.02. The summed E-state index contributed by atoms with van der Waals surface area (Å²) in [6, 6.07) is 0. The molecule has 0 aromatic rings. The number of epoxide rings is 1. The number of fused-ring (bicyclic) bond motifs is 1. The summed E-state index contributed by atoms with van der Waals surface area (Å²) in [4.78, 5) is 10.6. The zero-order chi connectivity index (χ0) is 5.56. The summed E-state index contributed by atoms with van der Waals surface area (Å²) >= 11 is 0. The molecule has 1 saturated heterocycles. The molecule has 0 unspecified atom stereocenters. The number of ketones is 1. The molecule has 1 saturated carbocycles. The quantitative estimate of drug-likeness (QED) is 0.427. The van der Waals surface area contributed by atoms with Crippen LogP contribution in [0.1, 0.15) is 19.3 Å². The Kier molecular flexibility index (Phi) is 0.742. The maximum absolute atomic E-state index is 10.6. The third-order valence-electron chi connectivity index (χ3n) is 1.82. The summed E-state index contributed by atoms with van der Waals surface area (Å²) in [6.07, 6.45) is 3.21. The highest BCUT2D eigenvalue weighted by atomic mass is 16.6. The molecule has 2 nitrogen and oxygen atoms in total. The van der Waals surface area contributed by atoms with Crippen LogP contribution < -0.4 is 0 Å². The number of Topliss-reactive ketones (excluding diaryl/α,β-unsaturated/α-hetero) is 1. The molecule has 8 heavy (non-hydrogen) atoms. The second kappa shape index (κ2) is 1.32. The average molecular weight is 112 g/mol. The number of carbonyl (C=O) groups excluding carboxylic acids is 1. The van der Waals surface area contributed by atoms with E-state index < -0.39 is 0 Å². The van der Waals surface area contributed by atoms with Crippen molar-refractivity contribution < 1.29 is 9.53 Å². The van der Waals surface area contributed by atoms with Gasteiger partial charge in [-0.05, 0) is 6.42 Å². The molecule has 2 atom stereocenters. The first kappa shape index (κ1) is 4.50. The molecule has 0 spiro atoms. The lowest BCUT2D eigenvalue weighted by Crippen LogP contribution is -2.11. The van der Waals surface area contributed by atoms with Crippen LogP contribution >= 0.6 is 0 Å². The largest absolute Gasteiger partial charge is 0.369 e. The van der Waals surface area contributed by atoms with E-state index in [4.69, 9.17) is 4.74 Å². The Morgan fingerprint density at radius 2 is 2.38 bits per heavy atom. The lowest BCUT2D eigenvalue weighted by Gasteiger charge is -2.00. The molecule has 2 rings (SSSR count). The molecular weight excluding hydrogens is 104 g/mol. The normalized spacial score (nSPS) is 43.8. The summed E-state index contributed by atoms with van der Waals surface area (Å²) in [5, 5.41) is 0. The molecule has 2 aliphatic rings. The van der Waals surface area contributed by atoms with E-state index in [1.165, 1.54) is 0 Å². The summed E-state index contributed by atoms with van der Waals surface area (Å²) < 4.78 is 5.13. The van der Waals surface area contributed by atoms with Crippen LogP contribution in [0.25, 0.3) is 0 Å². The van der Waals surface area contributed by atoms with Gasteiger partial charge in [-0.15, -0.1) is 0 Å². The molecule has 44 valence electrons. The van der Waals surface area contributed by atoms with Gasteiger partial charge >= 0.3 is 0 Å². The number of hydrogen-bond acceptors (Lipinski definition) is 2. The minimum Gasteiger partial charge on any atom is -0.369 e. The van der Waals surface area contributed by atoms with Gasteiger partial charge < -0.3 is 4.74 Å². The van der Waals surface area contributed by atoms with Gasteiger partial charge in [0.2, 0.25) is 0 Å². The highest BCUT2D eigenvalue weighted by Crippen LogP contribution is 2.34. The minimum absolute atomic E-state index is 0.330. The van der Waals surface area contributed by atoms with Crippen LogP contribution in [-0.2, 0) is 9.53 Å². The van der Waals surface area contributed by atoms with Crippen LogP contribution in [0.2, 0.25) is 0 Å². The van der Waals surface area contributed by atoms with E-state index in [-0.39, 0.29) is 0 Å². The van der Waals surface area contributed by atoms with Crippen molar-refractivity contribution in [3.05, 3.63) is 0 Å². The van der Waals surface area contributed by atoms with Gasteiger partial charge in [-0.3, -0.25) is 4.79 Å². The van der Waals surface area contributed by atoms with E-state index in [0.29, 0.717) is 24.4 Å². The molecule has 2 fully saturated rings. The molecule has 1 heterocycles. The monoisotopic (exact) mass is 112 g/mol. The Morgan fingerprint density at radius 3 is 3.00 bits per heavy atom. The standard InChI is InChI=1S/C6H8O2/c7-4-1-2-5-6(3-4)8-5/h5-6H,1-3H2/t5-,6+/m0/s1. The smallest absolute Gasteiger partial charge is 0.135 e. The summed E-state index contributed by atoms with van der Waals surface area (Å²) in [5.74, 6) is 0.378. The van der Waals surface area contributed by atoms with Crippen molar-refractivity contribution in [2.45, 2.75) is 31.5 Å². The first-order valence-electron chi connectivity index (χ1n) is 3.03. The Bertz CT molecular complexity index is 130. The van der Waals surface area contributed by atoms with Crippen LogP contribution in [0, 0.1) is 0 Å². The van der Waals surface area contributed by atoms with Gasteiger partial charge in [-0.2, -0.15) is 0 Å². The molecule has 0 bridgehead atoms. The van der Waals surface area contributed by atoms with Crippen LogP contribution in [0.15, 0.2) is 0 Å². The number of ether oxygens (including phenoxy) is 1. The van der Waals surface area contributed by atoms with E-state index in [0.717, 1.165) is 12.8 Å². The van der Waals surface area contributed by atoms with E-state index in [2.05, 4.69) is 0 Å². The molecule has 1 aliphatic heterocycles. The highest BCUT2D eigenvalue weighted by Gasteiger charge is 2.43. The predicted octanol–water partition coefficient (Wildman–Crippen LogP) is 0.507. The van der Waals surface area contributed by atoms with Crippen molar-refractivity contribution in [1.82, 2.24) is 0 Å². The second-order valence-electron chi connectivity index (χ2n) is 2.49. The number of hydrogen-bond donors (Lipinski definition) is 0. The zero-order valence-electron chi connectivity index (χ0n) is 4.59. The van der Waals surface area contributed by atoms with Crippen LogP contribution in [0.3, 0.4) is 0 Å². The zero-order valence-corrected chi connectivity index (χ0v) is 4.59. The van der Waals surface area contributed by atoms with Gasteiger partial charge in [-0.1, -0.05) is 0 Å². The SMILES string of the molecule is O=C1CC[C@@H]2O[C@@H]2C1. The summed E-state index contributed by atoms with van der Waals surface area (Å²) in [6.45, 7) is 0. The van der Waals surface area contributed by atoms with Gasteiger partial charge in [0, 0.05) is 12.8 Å². The lowest BCUT2D eigenvalue weighted by atomic mass is 10.00. The average Bonchev–Trinajstić information content (AvgIpc) is 2.43. The molecule has 0 aromatic heterocycles. The van der Waals surface area contributed by atoms with Crippen molar-refractivity contribution in [2.24, 2.45) is 0 Å². The molecular formula is C6H8O2. The first-order chi connectivity index (χ1) is 3.86. The molecule has 0 aromatic carbocycles. The van der Waals surface area contributed by atoms with Crippen molar-refractivity contribution in [3.63, 3.8) is 0 Å². The van der Waals surface area contributed by atoms with Crippen LogP contribution in [-0.4, -0.2) is 18.0 Å². The van der Waals surface area contributed by atoms with Gasteiger partial charge in [0.25, 0.3) is 0 Å². The highest BCUT2D eigenvalue weighted by molar-refractivity contribution is 5.80. The fourth-order valence-corrected chi connectivity index (χ4v) is 1.24. The lowest BCUT2D eigenvalue weighted by molar-refractivity contribution is -0.119. The fraction of sp³-hybridized carbons (Fsp3) is 0.833. The maximum atomic E-state index is 10.6. The van der Waals surface area contributed by atoms with Gasteiger partial charge in [0.1, 0.15) is 5.78 Å². The van der Waals surface area contributed by atoms with E-state index >= 15 is 0 Å². The Hall–Kier alpha value is -0.370. The van der Waals surface area contributed by atoms with Crippen molar-refractivity contribution in [3.8, 4) is 0 Å². The summed E-state index contributed by atoms with van der Waals surface area (Å²) in [7, 11) is 0. The van der Waals surface area contributed by atoms with E-state index in [9.17, 15) is 4.79 Å². The second-order valence-corrected chi connectivity index (χ2v) is 2.49. The van der Waals surface area contributed by atoms with Gasteiger partial charge in [0.05, 0.1) is 12.2 Å². The topological polar surface area (TPSA) is 29.6 Å². The molecule has 1 aliphatic carbocycles.